The van der Waals surface area contributed by atoms with Gasteiger partial charge in [-0.3, -0.25) is 0 Å². The Bertz CT molecular complexity index is 87.4. The maximum Gasteiger partial charge on any atom is 0.155 e. The molecule has 0 heterocycles. The van der Waals surface area contributed by atoms with Gasteiger partial charge < -0.3 is 9.84 Å². The highest BCUT2D eigenvalue weighted by Crippen LogP contribution is 1.98. The van der Waals surface area contributed by atoms with Gasteiger partial charge in [-0.25, -0.2) is 0 Å². The smallest absolute Gasteiger partial charge is 0.155 e. The van der Waals surface area contributed by atoms with E-state index < -0.39 is 6.29 Å². The number of allylic oxidation sites excluding steroid dienone is 1. The van der Waals surface area contributed by atoms with Crippen molar-refractivity contribution in [3.8, 4) is 0 Å². The Morgan fingerprint density at radius 1 is 1.40 bits per heavy atom. The van der Waals surface area contributed by atoms with Crippen LogP contribution in [0.3, 0.4) is 0 Å². The Hall–Kier alpha value is -0.600. The third-order valence-corrected chi connectivity index (χ3v) is 1.02. The number of hydrogen-bond donors (Lipinski definition) is 1. The molecule has 2 nitrogen and oxygen atoms in total. The molecule has 0 fully saturated rings. The van der Waals surface area contributed by atoms with E-state index in [-0.39, 0.29) is 0 Å². The van der Waals surface area contributed by atoms with Crippen molar-refractivity contribution in [2.45, 2.75) is 19.1 Å². The predicted octanol–water partition coefficient (Wildman–Crippen LogP) is 1.47. The molecule has 1 N–H and O–H groups in total. The molecule has 0 saturated carbocycles. The summed E-state index contributed by atoms with van der Waals surface area (Å²) in [5, 5.41) is 8.99. The minimum absolute atomic E-state index is 0.401. The Morgan fingerprint density at radius 2 is 2.10 bits per heavy atom. The molecule has 0 aromatic carbocycles. The van der Waals surface area contributed by atoms with Crippen LogP contribution in [0.2, 0.25) is 0 Å². The molecule has 0 aliphatic rings. The molecule has 0 aromatic heterocycles. The van der Waals surface area contributed by atoms with Gasteiger partial charge in [-0.1, -0.05) is 12.2 Å². The van der Waals surface area contributed by atoms with E-state index in [1.165, 1.54) is 0 Å². The number of aliphatic hydroxyl groups is 1. The van der Waals surface area contributed by atoms with Crippen LogP contribution in [0, 0.1) is 0 Å². The first kappa shape index (κ1) is 9.40. The largest absolute Gasteiger partial charge is 0.368 e. The monoisotopic (exact) mass is 142 g/mol. The van der Waals surface area contributed by atoms with E-state index in [9.17, 15) is 0 Å². The predicted molar refractivity (Wildman–Crippen MR) is 41.6 cm³/mol. The molecule has 0 spiro atoms. The van der Waals surface area contributed by atoms with Gasteiger partial charge in [-0.05, 0) is 6.42 Å². The highest BCUT2D eigenvalue weighted by Gasteiger charge is 1.98. The zero-order valence-electron chi connectivity index (χ0n) is 6.12. The lowest BCUT2D eigenvalue weighted by Crippen LogP contribution is -2.10. The van der Waals surface area contributed by atoms with Crippen molar-refractivity contribution >= 4 is 0 Å². The normalized spacial score (nSPS) is 12.5. The van der Waals surface area contributed by atoms with E-state index in [0.717, 1.165) is 6.42 Å². The fourth-order valence-electron chi connectivity index (χ4n) is 0.523. The average molecular weight is 142 g/mol. The molecular weight excluding hydrogens is 128 g/mol. The summed E-state index contributed by atoms with van der Waals surface area (Å²) in [6.45, 7) is 7.38. The van der Waals surface area contributed by atoms with Gasteiger partial charge in [0.15, 0.2) is 6.29 Å². The SMILES string of the molecule is C=CCCC(O)OCC=C. The van der Waals surface area contributed by atoms with Crippen LogP contribution >= 0.6 is 0 Å². The number of hydrogen-bond acceptors (Lipinski definition) is 2. The molecule has 0 rings (SSSR count). The zero-order chi connectivity index (χ0) is 7.82. The van der Waals surface area contributed by atoms with E-state index in [1.807, 2.05) is 0 Å². The second-order valence-corrected chi connectivity index (χ2v) is 1.94. The lowest BCUT2D eigenvalue weighted by molar-refractivity contribution is -0.0919. The summed E-state index contributed by atoms with van der Waals surface area (Å²) in [4.78, 5) is 0. The van der Waals surface area contributed by atoms with Crippen LogP contribution in [-0.4, -0.2) is 18.0 Å². The van der Waals surface area contributed by atoms with Crippen LogP contribution < -0.4 is 0 Å². The van der Waals surface area contributed by atoms with Crippen molar-refractivity contribution in [3.63, 3.8) is 0 Å². The molecule has 0 bridgehead atoms. The quantitative estimate of drug-likeness (QED) is 0.449. The molecule has 2 heteroatoms. The summed E-state index contributed by atoms with van der Waals surface area (Å²) in [5.74, 6) is 0. The maximum absolute atomic E-state index is 8.99. The molecule has 0 aliphatic carbocycles. The summed E-state index contributed by atoms with van der Waals surface area (Å²) in [6.07, 6.45) is 4.07. The van der Waals surface area contributed by atoms with E-state index in [2.05, 4.69) is 13.2 Å². The van der Waals surface area contributed by atoms with Gasteiger partial charge in [-0.2, -0.15) is 0 Å². The van der Waals surface area contributed by atoms with Crippen molar-refractivity contribution in [1.29, 1.82) is 0 Å². The summed E-state index contributed by atoms with van der Waals surface area (Å²) >= 11 is 0. The zero-order valence-corrected chi connectivity index (χ0v) is 6.12. The molecule has 0 radical (unpaired) electrons. The summed E-state index contributed by atoms with van der Waals surface area (Å²) in [6, 6.07) is 0. The highest BCUT2D eigenvalue weighted by molar-refractivity contribution is 4.68. The van der Waals surface area contributed by atoms with Crippen LogP contribution in [0.25, 0.3) is 0 Å². The molecule has 1 atom stereocenters. The molecule has 0 aliphatic heterocycles. The topological polar surface area (TPSA) is 29.5 Å². The number of ether oxygens (including phenoxy) is 1. The Morgan fingerprint density at radius 3 is 2.60 bits per heavy atom. The van der Waals surface area contributed by atoms with Crippen LogP contribution in [0.15, 0.2) is 25.3 Å². The Kier molecular flexibility index (Phi) is 6.13. The first-order valence-corrected chi connectivity index (χ1v) is 3.32. The summed E-state index contributed by atoms with van der Waals surface area (Å²) in [5.41, 5.74) is 0. The third kappa shape index (κ3) is 5.54. The minimum Gasteiger partial charge on any atom is -0.368 e. The van der Waals surface area contributed by atoms with Gasteiger partial charge in [0.1, 0.15) is 0 Å². The van der Waals surface area contributed by atoms with Crippen LogP contribution in [0.5, 0.6) is 0 Å². The first-order chi connectivity index (χ1) is 4.81. The van der Waals surface area contributed by atoms with E-state index in [4.69, 9.17) is 9.84 Å². The van der Waals surface area contributed by atoms with Crippen LogP contribution in [0.1, 0.15) is 12.8 Å². The number of rotatable bonds is 6. The molecule has 0 saturated heterocycles. The van der Waals surface area contributed by atoms with E-state index in [0.29, 0.717) is 13.0 Å². The molecule has 1 unspecified atom stereocenters. The molecular formula is C8H14O2. The van der Waals surface area contributed by atoms with Gasteiger partial charge in [0.05, 0.1) is 6.61 Å². The molecule has 10 heavy (non-hydrogen) atoms. The summed E-state index contributed by atoms with van der Waals surface area (Å²) < 4.78 is 4.88. The summed E-state index contributed by atoms with van der Waals surface area (Å²) in [7, 11) is 0. The lowest BCUT2D eigenvalue weighted by atomic mass is 10.3. The second kappa shape index (κ2) is 6.52. The minimum atomic E-state index is -0.670. The fourth-order valence-corrected chi connectivity index (χ4v) is 0.523. The van der Waals surface area contributed by atoms with Gasteiger partial charge in [0, 0.05) is 6.42 Å². The second-order valence-electron chi connectivity index (χ2n) is 1.94. The van der Waals surface area contributed by atoms with Gasteiger partial charge in [-0.15, -0.1) is 13.2 Å². The lowest BCUT2D eigenvalue weighted by Gasteiger charge is -2.07. The van der Waals surface area contributed by atoms with Crippen LogP contribution in [0.4, 0.5) is 0 Å². The van der Waals surface area contributed by atoms with E-state index in [1.54, 1.807) is 12.2 Å². The number of aliphatic hydroxyl groups excluding tert-OH is 1. The van der Waals surface area contributed by atoms with Crippen molar-refractivity contribution in [2.24, 2.45) is 0 Å². The Balaban J connectivity index is 3.15. The van der Waals surface area contributed by atoms with Crippen molar-refractivity contribution in [1.82, 2.24) is 0 Å². The first-order valence-electron chi connectivity index (χ1n) is 3.32. The maximum atomic E-state index is 8.99. The molecule has 0 aromatic rings. The van der Waals surface area contributed by atoms with Gasteiger partial charge >= 0.3 is 0 Å². The Labute approximate surface area is 61.8 Å². The third-order valence-electron chi connectivity index (χ3n) is 1.02. The standard InChI is InChI=1S/C8H14O2/c1-3-5-6-8(9)10-7-4-2/h3-4,8-9H,1-2,5-7H2. The van der Waals surface area contributed by atoms with Crippen molar-refractivity contribution < 1.29 is 9.84 Å². The average Bonchev–Trinajstić information content (AvgIpc) is 1.97. The van der Waals surface area contributed by atoms with Gasteiger partial charge in [0.25, 0.3) is 0 Å². The fraction of sp³-hybridized carbons (Fsp3) is 0.500. The van der Waals surface area contributed by atoms with Gasteiger partial charge in [0.2, 0.25) is 0 Å². The highest BCUT2D eigenvalue weighted by atomic mass is 16.6. The molecule has 58 valence electrons. The van der Waals surface area contributed by atoms with E-state index >= 15 is 0 Å². The molecule has 0 amide bonds. The van der Waals surface area contributed by atoms with Crippen molar-refractivity contribution in [3.05, 3.63) is 25.3 Å². The van der Waals surface area contributed by atoms with Crippen molar-refractivity contribution in [2.75, 3.05) is 6.61 Å². The van der Waals surface area contributed by atoms with Crippen LogP contribution in [-0.2, 0) is 4.74 Å².